The highest BCUT2D eigenvalue weighted by Gasteiger charge is 2.26. The van der Waals surface area contributed by atoms with Gasteiger partial charge in [-0.25, -0.2) is 0 Å². The number of alkyl halides is 4. The fourth-order valence-electron chi connectivity index (χ4n) is 0.300. The molecule has 0 saturated carbocycles. The third-order valence-corrected chi connectivity index (χ3v) is 4.83. The van der Waals surface area contributed by atoms with E-state index in [0.29, 0.717) is 0 Å². The van der Waals surface area contributed by atoms with Crippen LogP contribution in [0, 0.1) is 5.41 Å². The Morgan fingerprint density at radius 1 is 0.515 bits per heavy atom. The molecular weight excluding hydrogens is 904 g/mol. The molecule has 4 unspecified atom stereocenters. The first-order valence-electron chi connectivity index (χ1n) is 8.73. The Labute approximate surface area is 247 Å². The predicted octanol–water partition coefficient (Wildman–Crippen LogP) is 1.52. The molecule has 33 heavy (non-hydrogen) atoms. The second kappa shape index (κ2) is 27.2. The van der Waals surface area contributed by atoms with Crippen molar-refractivity contribution < 1.29 is 60.0 Å². The van der Waals surface area contributed by atoms with E-state index in [1.807, 2.05) is 90.4 Å². The molecule has 0 aliphatic heterocycles. The van der Waals surface area contributed by atoms with Gasteiger partial charge in [-0.2, -0.15) is 0 Å². The highest BCUT2D eigenvalue weighted by atomic mass is 127. The van der Waals surface area contributed by atoms with E-state index in [9.17, 15) is 19.2 Å². The molecule has 0 aromatic rings. The van der Waals surface area contributed by atoms with Crippen molar-refractivity contribution >= 4 is 114 Å². The van der Waals surface area contributed by atoms with E-state index in [0.717, 1.165) is 0 Å². The van der Waals surface area contributed by atoms with Gasteiger partial charge in [-0.05, 0) is 27.7 Å². The summed E-state index contributed by atoms with van der Waals surface area (Å²) in [6, 6.07) is 0. The van der Waals surface area contributed by atoms with Gasteiger partial charge in [-0.3, -0.25) is 19.2 Å². The van der Waals surface area contributed by atoms with E-state index >= 15 is 0 Å². The number of aliphatic carboxylic acids is 4. The molecule has 0 aromatic heterocycles. The zero-order valence-corrected chi connectivity index (χ0v) is 27.0. The van der Waals surface area contributed by atoms with Crippen LogP contribution in [0.5, 0.6) is 0 Å². The van der Waals surface area contributed by atoms with Crippen LogP contribution in [-0.4, -0.2) is 107 Å². The molecule has 0 heterocycles. The van der Waals surface area contributed by atoms with Crippen LogP contribution in [0.2, 0.25) is 0 Å². The minimum absolute atomic E-state index is 0.261. The molecular formula is C17H32I4O12. The highest BCUT2D eigenvalue weighted by Crippen LogP contribution is 2.11. The van der Waals surface area contributed by atoms with Crippen molar-refractivity contribution in [2.45, 2.75) is 43.4 Å². The summed E-state index contributed by atoms with van der Waals surface area (Å²) in [5.41, 5.74) is -1.11. The lowest BCUT2D eigenvalue weighted by molar-refractivity contribution is -0.136. The van der Waals surface area contributed by atoms with Gasteiger partial charge in [0, 0.05) is 0 Å². The van der Waals surface area contributed by atoms with E-state index in [4.69, 9.17) is 40.9 Å². The summed E-state index contributed by atoms with van der Waals surface area (Å²) in [5.74, 6) is -3.02. The number of halogens is 4. The van der Waals surface area contributed by atoms with Crippen molar-refractivity contribution in [3.05, 3.63) is 0 Å². The number of hydrogen-bond donors (Lipinski definition) is 8. The Morgan fingerprint density at radius 3 is 0.606 bits per heavy atom. The largest absolute Gasteiger partial charge is 0.480 e. The number of carbonyl (C=O) groups is 4. The van der Waals surface area contributed by atoms with Gasteiger partial charge in [0.25, 0.3) is 0 Å². The maximum atomic E-state index is 9.69. The highest BCUT2D eigenvalue weighted by molar-refractivity contribution is 14.1. The van der Waals surface area contributed by atoms with Crippen LogP contribution in [0.3, 0.4) is 0 Å². The van der Waals surface area contributed by atoms with Gasteiger partial charge in [0.05, 0.1) is 31.8 Å². The van der Waals surface area contributed by atoms with E-state index in [-0.39, 0.29) is 15.7 Å². The molecule has 200 valence electrons. The van der Waals surface area contributed by atoms with Gasteiger partial charge in [-0.1, -0.05) is 90.4 Å². The fourth-order valence-corrected chi connectivity index (χ4v) is 0.300. The number of hydrogen-bond acceptors (Lipinski definition) is 8. The van der Waals surface area contributed by atoms with Gasteiger partial charge < -0.3 is 40.9 Å². The van der Waals surface area contributed by atoms with Crippen LogP contribution in [0.4, 0.5) is 0 Å². The second-order valence-electron chi connectivity index (χ2n) is 5.95. The lowest BCUT2D eigenvalue weighted by Gasteiger charge is -2.23. The first kappa shape index (κ1) is 43.7. The summed E-state index contributed by atoms with van der Waals surface area (Å²) >= 11 is 7.33. The zero-order valence-electron chi connectivity index (χ0n) is 18.4. The fraction of sp³-hybridized carbons (Fsp3) is 0.765. The van der Waals surface area contributed by atoms with Crippen molar-refractivity contribution in [1.82, 2.24) is 0 Å². The van der Waals surface area contributed by atoms with Crippen LogP contribution in [0.15, 0.2) is 0 Å². The lowest BCUT2D eigenvalue weighted by atomic mass is 9.93. The SMILES string of the molecule is CC(I)C(=O)O.CC(I)C(=O)O.CC(I)C(=O)O.CC(I)C(=O)O.OCC(CO)(CO)CO. The van der Waals surface area contributed by atoms with Gasteiger partial charge >= 0.3 is 23.9 Å². The lowest BCUT2D eigenvalue weighted by Crippen LogP contribution is -2.37. The number of aliphatic hydroxyl groups is 4. The summed E-state index contributed by atoms with van der Waals surface area (Å²) < 4.78 is -1.05. The standard InChI is InChI=1S/C5H12O4.4C3H5IO2/c6-1-5(2-7,3-8)4-9;4*1-2(4)3(5)6/h6-9H,1-4H2;4*2H,1H3,(H,5,6). The van der Waals surface area contributed by atoms with Crippen LogP contribution in [-0.2, 0) is 19.2 Å². The first-order valence-corrected chi connectivity index (χ1v) is 13.7. The average Bonchev–Trinajstić information content (AvgIpc) is 2.71. The Morgan fingerprint density at radius 2 is 0.606 bits per heavy atom. The quantitative estimate of drug-likeness (QED) is 0.128. The molecule has 0 aromatic carbocycles. The van der Waals surface area contributed by atoms with Gasteiger partial charge in [0.2, 0.25) is 0 Å². The van der Waals surface area contributed by atoms with Crippen molar-refractivity contribution in [2.75, 3.05) is 26.4 Å². The average molecular weight is 936 g/mol. The monoisotopic (exact) mass is 936 g/mol. The number of rotatable bonds is 8. The molecule has 0 amide bonds. The summed E-state index contributed by atoms with van der Waals surface area (Å²) in [6.07, 6.45) is 0. The van der Waals surface area contributed by atoms with Gasteiger partial charge in [0.15, 0.2) is 0 Å². The van der Waals surface area contributed by atoms with E-state index < -0.39 is 55.7 Å². The van der Waals surface area contributed by atoms with Crippen molar-refractivity contribution in [2.24, 2.45) is 5.41 Å². The zero-order chi connectivity index (χ0) is 27.9. The Hall–Kier alpha value is 0.640. The maximum Gasteiger partial charge on any atom is 0.316 e. The minimum atomic E-state index is -1.11. The molecule has 0 saturated heterocycles. The third-order valence-electron chi connectivity index (χ3n) is 2.70. The van der Waals surface area contributed by atoms with Gasteiger partial charge in [-0.15, -0.1) is 0 Å². The Bertz CT molecular complexity index is 435. The van der Waals surface area contributed by atoms with Crippen molar-refractivity contribution in [3.8, 4) is 0 Å². The maximum absolute atomic E-state index is 9.69. The smallest absolute Gasteiger partial charge is 0.316 e. The van der Waals surface area contributed by atoms with Gasteiger partial charge in [0.1, 0.15) is 15.7 Å². The summed E-state index contributed by atoms with van der Waals surface area (Å²) in [4.78, 5) is 38.8. The Balaban J connectivity index is -0.000000100. The number of carboxylic acid groups (broad SMARTS) is 4. The van der Waals surface area contributed by atoms with Crippen LogP contribution in [0.1, 0.15) is 27.7 Å². The topological polar surface area (TPSA) is 230 Å². The number of carboxylic acids is 4. The molecule has 0 aliphatic rings. The van der Waals surface area contributed by atoms with Crippen molar-refractivity contribution in [1.29, 1.82) is 0 Å². The molecule has 4 atom stereocenters. The van der Waals surface area contributed by atoms with Crippen LogP contribution < -0.4 is 0 Å². The molecule has 0 bridgehead atoms. The second-order valence-corrected chi connectivity index (χ2v) is 13.4. The third kappa shape index (κ3) is 37.4. The summed E-state index contributed by atoms with van der Waals surface area (Å²) in [5, 5.41) is 65.9. The molecule has 0 spiro atoms. The predicted molar refractivity (Wildman–Crippen MR) is 155 cm³/mol. The van der Waals surface area contributed by atoms with Crippen molar-refractivity contribution in [3.63, 3.8) is 0 Å². The molecule has 0 fully saturated rings. The molecule has 12 nitrogen and oxygen atoms in total. The molecule has 0 aliphatic carbocycles. The number of aliphatic hydroxyl groups excluding tert-OH is 4. The molecule has 0 rings (SSSR count). The normalized spacial score (nSPS) is 13.2. The minimum Gasteiger partial charge on any atom is -0.480 e. The molecule has 16 heteroatoms. The summed E-state index contributed by atoms with van der Waals surface area (Å²) in [7, 11) is 0. The summed E-state index contributed by atoms with van der Waals surface area (Å²) in [6.45, 7) is 4.89. The Kier molecular flexibility index (Phi) is 36.1. The van der Waals surface area contributed by atoms with Crippen LogP contribution >= 0.6 is 90.4 Å². The molecule has 8 N–H and O–H groups in total. The van der Waals surface area contributed by atoms with E-state index in [1.54, 1.807) is 27.7 Å². The molecule has 0 radical (unpaired) electrons. The van der Waals surface area contributed by atoms with Crippen LogP contribution in [0.25, 0.3) is 0 Å². The first-order chi connectivity index (χ1) is 14.8. The van der Waals surface area contributed by atoms with E-state index in [2.05, 4.69) is 0 Å². The van der Waals surface area contributed by atoms with E-state index in [1.165, 1.54) is 0 Å².